The molecule has 1 atom stereocenters. The second-order valence-electron chi connectivity index (χ2n) is 5.78. The number of rotatable bonds is 5. The summed E-state index contributed by atoms with van der Waals surface area (Å²) in [5, 5.41) is 0. The van der Waals surface area contributed by atoms with Crippen LogP contribution in [0.4, 0.5) is 0 Å². The fraction of sp³-hybridized carbons (Fsp3) is 1.00. The number of nitrogens with zero attached hydrogens (tertiary/aromatic N) is 2. The third-order valence-electron chi connectivity index (χ3n) is 3.89. The van der Waals surface area contributed by atoms with Gasteiger partial charge in [0.25, 0.3) is 0 Å². The van der Waals surface area contributed by atoms with Crippen LogP contribution < -0.4 is 0 Å². The zero-order chi connectivity index (χ0) is 13.9. The molecule has 2 heterocycles. The number of likely N-dealkylation sites (N-methyl/N-ethyl adjacent to an activating group) is 1. The molecule has 114 valence electrons. The van der Waals surface area contributed by atoms with Gasteiger partial charge in [-0.15, -0.1) is 0 Å². The molecule has 0 aromatic carbocycles. The maximum absolute atomic E-state index is 5.95. The Balaban J connectivity index is 0.000000550. The number of hydrogen-bond acceptors (Lipinski definition) is 3. The molecule has 0 aromatic heterocycles. The topological polar surface area (TPSA) is 15.7 Å². The number of ether oxygens (including phenoxy) is 1. The number of likely N-dealkylation sites (tertiary alicyclic amines) is 2. The first kappa shape index (κ1) is 16.9. The molecule has 0 spiro atoms. The van der Waals surface area contributed by atoms with E-state index in [2.05, 4.69) is 30.6 Å². The summed E-state index contributed by atoms with van der Waals surface area (Å²) in [4.78, 5) is 5.03. The summed E-state index contributed by atoms with van der Waals surface area (Å²) in [6.45, 7) is 14.7. The number of piperidine rings is 1. The van der Waals surface area contributed by atoms with Crippen molar-refractivity contribution >= 4 is 0 Å². The maximum atomic E-state index is 5.95. The quantitative estimate of drug-likeness (QED) is 0.764. The molecule has 2 fully saturated rings. The lowest BCUT2D eigenvalue weighted by atomic mass is 10.1. The van der Waals surface area contributed by atoms with Crippen molar-refractivity contribution in [2.24, 2.45) is 0 Å². The summed E-state index contributed by atoms with van der Waals surface area (Å²) < 4.78 is 5.95. The van der Waals surface area contributed by atoms with Crippen LogP contribution in [0.15, 0.2) is 0 Å². The Bertz CT molecular complexity index is 205. The van der Waals surface area contributed by atoms with Crippen molar-refractivity contribution in [1.82, 2.24) is 9.80 Å². The maximum Gasteiger partial charge on any atom is 0.0714 e. The van der Waals surface area contributed by atoms with Crippen molar-refractivity contribution in [2.75, 3.05) is 45.9 Å². The Morgan fingerprint density at radius 3 is 2.21 bits per heavy atom. The van der Waals surface area contributed by atoms with Gasteiger partial charge >= 0.3 is 0 Å². The van der Waals surface area contributed by atoms with E-state index in [1.54, 1.807) is 0 Å². The van der Waals surface area contributed by atoms with Crippen LogP contribution >= 0.6 is 0 Å². The fourth-order valence-corrected chi connectivity index (χ4v) is 2.75. The van der Waals surface area contributed by atoms with Crippen molar-refractivity contribution in [3.05, 3.63) is 0 Å². The number of hydrogen-bond donors (Lipinski definition) is 0. The molecule has 0 radical (unpaired) electrons. The van der Waals surface area contributed by atoms with Gasteiger partial charge in [0.05, 0.1) is 12.7 Å². The Kier molecular flexibility index (Phi) is 9.48. The van der Waals surface area contributed by atoms with Gasteiger partial charge in [0.1, 0.15) is 0 Å². The third-order valence-corrected chi connectivity index (χ3v) is 3.89. The van der Waals surface area contributed by atoms with E-state index in [1.165, 1.54) is 58.3 Å². The van der Waals surface area contributed by atoms with Crippen LogP contribution in [0.1, 0.15) is 52.9 Å². The van der Waals surface area contributed by atoms with E-state index >= 15 is 0 Å². The first-order valence-corrected chi connectivity index (χ1v) is 8.36. The summed E-state index contributed by atoms with van der Waals surface area (Å²) in [5.41, 5.74) is 0. The Hall–Kier alpha value is -0.120. The van der Waals surface area contributed by atoms with E-state index < -0.39 is 0 Å². The lowest BCUT2D eigenvalue weighted by Crippen LogP contribution is -2.34. The minimum Gasteiger partial charge on any atom is -0.376 e. The molecule has 2 saturated heterocycles. The molecule has 3 heteroatoms. The normalized spacial score (nSPS) is 25.1. The van der Waals surface area contributed by atoms with Gasteiger partial charge in [0, 0.05) is 19.6 Å². The molecular formula is C16H34N2O. The third kappa shape index (κ3) is 7.28. The monoisotopic (exact) mass is 270 g/mol. The molecule has 0 aliphatic carbocycles. The van der Waals surface area contributed by atoms with Gasteiger partial charge in [-0.3, -0.25) is 0 Å². The SMILES string of the molecule is CCC.CCN1CCC(OCCN2CCCCC2)C1. The zero-order valence-electron chi connectivity index (χ0n) is 13.4. The van der Waals surface area contributed by atoms with Crippen LogP contribution in [0, 0.1) is 0 Å². The first-order valence-electron chi connectivity index (χ1n) is 8.36. The molecule has 0 N–H and O–H groups in total. The van der Waals surface area contributed by atoms with Crippen LogP contribution in [0.25, 0.3) is 0 Å². The lowest BCUT2D eigenvalue weighted by Gasteiger charge is -2.26. The van der Waals surface area contributed by atoms with Gasteiger partial charge in [-0.2, -0.15) is 0 Å². The summed E-state index contributed by atoms with van der Waals surface area (Å²) in [7, 11) is 0. The van der Waals surface area contributed by atoms with Crippen LogP contribution in [-0.4, -0.2) is 61.8 Å². The molecule has 2 aliphatic heterocycles. The second-order valence-corrected chi connectivity index (χ2v) is 5.78. The average Bonchev–Trinajstić information content (AvgIpc) is 2.89. The molecule has 0 bridgehead atoms. The van der Waals surface area contributed by atoms with E-state index in [-0.39, 0.29) is 0 Å². The molecule has 2 aliphatic rings. The van der Waals surface area contributed by atoms with Crippen LogP contribution in [0.2, 0.25) is 0 Å². The van der Waals surface area contributed by atoms with Gasteiger partial charge in [-0.05, 0) is 38.9 Å². The summed E-state index contributed by atoms with van der Waals surface area (Å²) in [6.07, 6.45) is 7.17. The van der Waals surface area contributed by atoms with E-state index in [9.17, 15) is 0 Å². The van der Waals surface area contributed by atoms with E-state index in [0.29, 0.717) is 6.10 Å². The van der Waals surface area contributed by atoms with Gasteiger partial charge < -0.3 is 14.5 Å². The Morgan fingerprint density at radius 2 is 1.63 bits per heavy atom. The van der Waals surface area contributed by atoms with Crippen molar-refractivity contribution in [3.63, 3.8) is 0 Å². The fourth-order valence-electron chi connectivity index (χ4n) is 2.75. The minimum atomic E-state index is 0.504. The highest BCUT2D eigenvalue weighted by Gasteiger charge is 2.21. The second kappa shape index (κ2) is 10.6. The molecule has 0 aromatic rings. The molecule has 19 heavy (non-hydrogen) atoms. The van der Waals surface area contributed by atoms with Crippen molar-refractivity contribution in [2.45, 2.75) is 59.0 Å². The van der Waals surface area contributed by atoms with Crippen molar-refractivity contribution in [3.8, 4) is 0 Å². The van der Waals surface area contributed by atoms with Gasteiger partial charge in [0.2, 0.25) is 0 Å². The van der Waals surface area contributed by atoms with E-state index in [4.69, 9.17) is 4.74 Å². The van der Waals surface area contributed by atoms with Crippen LogP contribution in [0.5, 0.6) is 0 Å². The Morgan fingerprint density at radius 1 is 0.947 bits per heavy atom. The summed E-state index contributed by atoms with van der Waals surface area (Å²) in [6, 6.07) is 0. The van der Waals surface area contributed by atoms with Crippen LogP contribution in [0.3, 0.4) is 0 Å². The molecule has 1 unspecified atom stereocenters. The highest BCUT2D eigenvalue weighted by atomic mass is 16.5. The average molecular weight is 270 g/mol. The standard InChI is InChI=1S/C13H26N2O.C3H8/c1-2-14-9-6-13(12-14)16-11-10-15-7-4-3-5-8-15;1-3-2/h13H,2-12H2,1H3;3H2,1-2H3. The molecular weight excluding hydrogens is 236 g/mol. The predicted octanol–water partition coefficient (Wildman–Crippen LogP) is 3.00. The van der Waals surface area contributed by atoms with E-state index in [0.717, 1.165) is 19.7 Å². The van der Waals surface area contributed by atoms with Gasteiger partial charge in [0.15, 0.2) is 0 Å². The molecule has 3 nitrogen and oxygen atoms in total. The highest BCUT2D eigenvalue weighted by molar-refractivity contribution is 4.75. The zero-order valence-corrected chi connectivity index (χ0v) is 13.4. The Labute approximate surface area is 120 Å². The summed E-state index contributed by atoms with van der Waals surface area (Å²) in [5.74, 6) is 0. The smallest absolute Gasteiger partial charge is 0.0714 e. The lowest BCUT2D eigenvalue weighted by molar-refractivity contribution is 0.0399. The van der Waals surface area contributed by atoms with Crippen molar-refractivity contribution < 1.29 is 4.74 Å². The molecule has 0 saturated carbocycles. The summed E-state index contributed by atoms with van der Waals surface area (Å²) >= 11 is 0. The molecule has 2 rings (SSSR count). The first-order chi connectivity index (χ1) is 9.30. The van der Waals surface area contributed by atoms with Crippen molar-refractivity contribution in [1.29, 1.82) is 0 Å². The predicted molar refractivity (Wildman–Crippen MR) is 82.7 cm³/mol. The minimum absolute atomic E-state index is 0.504. The highest BCUT2D eigenvalue weighted by Crippen LogP contribution is 2.12. The molecule has 0 amide bonds. The van der Waals surface area contributed by atoms with E-state index in [1.807, 2.05) is 0 Å². The van der Waals surface area contributed by atoms with Crippen LogP contribution in [-0.2, 0) is 4.74 Å². The van der Waals surface area contributed by atoms with Gasteiger partial charge in [-0.25, -0.2) is 0 Å². The largest absolute Gasteiger partial charge is 0.376 e. The van der Waals surface area contributed by atoms with Gasteiger partial charge in [-0.1, -0.05) is 33.6 Å².